The zero-order valence-electron chi connectivity index (χ0n) is 11.2. The summed E-state index contributed by atoms with van der Waals surface area (Å²) in [6.45, 7) is 4.28. The minimum Gasteiger partial charge on any atom is -0.544 e. The van der Waals surface area contributed by atoms with Gasteiger partial charge in [-0.15, -0.1) is 11.3 Å². The Morgan fingerprint density at radius 3 is 2.50 bits per heavy atom. The van der Waals surface area contributed by atoms with Crippen LogP contribution in [0.4, 0.5) is 0 Å². The van der Waals surface area contributed by atoms with Crippen LogP contribution in [0.3, 0.4) is 0 Å². The summed E-state index contributed by atoms with van der Waals surface area (Å²) in [6, 6.07) is 7.32. The Kier molecular flexibility index (Phi) is 4.57. The van der Waals surface area contributed by atoms with Gasteiger partial charge in [-0.25, -0.2) is 4.98 Å². The van der Waals surface area contributed by atoms with E-state index in [-0.39, 0.29) is 11.5 Å². The zero-order chi connectivity index (χ0) is 14.5. The molecule has 0 amide bonds. The fraction of sp³-hybridized carbons (Fsp3) is 0.286. The molecule has 20 heavy (non-hydrogen) atoms. The molecule has 5 nitrogen and oxygen atoms in total. The summed E-state index contributed by atoms with van der Waals surface area (Å²) in [5.41, 5.74) is 0.451. The molecule has 0 unspecified atom stereocenters. The van der Waals surface area contributed by atoms with Crippen LogP contribution in [0.1, 0.15) is 27.3 Å². The van der Waals surface area contributed by atoms with Crippen molar-refractivity contribution in [2.75, 3.05) is 6.61 Å². The van der Waals surface area contributed by atoms with Crippen molar-refractivity contribution in [3.8, 4) is 11.5 Å². The van der Waals surface area contributed by atoms with E-state index in [1.54, 1.807) is 13.0 Å². The fourth-order valence-electron chi connectivity index (χ4n) is 1.69. The van der Waals surface area contributed by atoms with Crippen LogP contribution >= 0.6 is 11.3 Å². The van der Waals surface area contributed by atoms with Gasteiger partial charge in [0.05, 0.1) is 23.1 Å². The van der Waals surface area contributed by atoms with E-state index in [2.05, 4.69) is 4.98 Å². The molecule has 6 heteroatoms. The first kappa shape index (κ1) is 14.3. The van der Waals surface area contributed by atoms with Crippen LogP contribution in [0, 0.1) is 6.92 Å². The maximum atomic E-state index is 10.8. The highest BCUT2D eigenvalue weighted by atomic mass is 32.1. The molecule has 0 atom stereocenters. The molecule has 0 spiro atoms. The summed E-state index contributed by atoms with van der Waals surface area (Å²) < 4.78 is 11.1. The standard InChI is InChI=1S/C14H15NO4S/c1-3-18-10-6-4-5-7-11(10)19-8-12-15-9(2)13(20-12)14(16)17/h4-7H,3,8H2,1-2H3,(H,16,17)/p-1. The number of hydrogen-bond acceptors (Lipinski definition) is 6. The average Bonchev–Trinajstić information content (AvgIpc) is 2.79. The van der Waals surface area contributed by atoms with Crippen molar-refractivity contribution in [3.63, 3.8) is 0 Å². The number of carboxylic acid groups (broad SMARTS) is 1. The number of rotatable bonds is 6. The third-order valence-corrected chi connectivity index (χ3v) is 3.64. The maximum Gasteiger partial charge on any atom is 0.161 e. The monoisotopic (exact) mass is 292 g/mol. The number of aromatic carboxylic acids is 1. The van der Waals surface area contributed by atoms with E-state index >= 15 is 0 Å². The van der Waals surface area contributed by atoms with E-state index < -0.39 is 5.97 Å². The van der Waals surface area contributed by atoms with Gasteiger partial charge in [-0.1, -0.05) is 12.1 Å². The smallest absolute Gasteiger partial charge is 0.161 e. The van der Waals surface area contributed by atoms with E-state index in [0.717, 1.165) is 11.3 Å². The van der Waals surface area contributed by atoms with E-state index in [0.29, 0.717) is 28.8 Å². The minimum atomic E-state index is -1.21. The molecule has 0 fully saturated rings. The summed E-state index contributed by atoms with van der Waals surface area (Å²) in [5, 5.41) is 11.4. The van der Waals surface area contributed by atoms with Crippen molar-refractivity contribution < 1.29 is 19.4 Å². The van der Waals surface area contributed by atoms with Gasteiger partial charge in [-0.05, 0) is 26.0 Å². The molecule has 0 radical (unpaired) electrons. The van der Waals surface area contributed by atoms with Crippen molar-refractivity contribution in [2.24, 2.45) is 0 Å². The maximum absolute atomic E-state index is 10.8. The molecule has 1 heterocycles. The highest BCUT2D eigenvalue weighted by Crippen LogP contribution is 2.28. The van der Waals surface area contributed by atoms with Gasteiger partial charge in [0.2, 0.25) is 0 Å². The number of benzene rings is 1. The Morgan fingerprint density at radius 1 is 1.30 bits per heavy atom. The number of carbonyl (C=O) groups excluding carboxylic acids is 1. The van der Waals surface area contributed by atoms with Gasteiger partial charge in [0.15, 0.2) is 11.5 Å². The lowest BCUT2D eigenvalue weighted by Crippen LogP contribution is -2.21. The van der Waals surface area contributed by atoms with Gasteiger partial charge < -0.3 is 19.4 Å². The lowest BCUT2D eigenvalue weighted by atomic mass is 10.3. The molecule has 0 aliphatic carbocycles. The zero-order valence-corrected chi connectivity index (χ0v) is 12.0. The lowest BCUT2D eigenvalue weighted by molar-refractivity contribution is -0.254. The molecule has 2 rings (SSSR count). The van der Waals surface area contributed by atoms with Crippen LogP contribution < -0.4 is 14.6 Å². The van der Waals surface area contributed by atoms with Crippen molar-refractivity contribution >= 4 is 17.3 Å². The number of hydrogen-bond donors (Lipinski definition) is 0. The Bertz CT molecular complexity index is 609. The van der Waals surface area contributed by atoms with Crippen molar-refractivity contribution in [3.05, 3.63) is 39.8 Å². The van der Waals surface area contributed by atoms with Gasteiger partial charge >= 0.3 is 0 Å². The largest absolute Gasteiger partial charge is 0.544 e. The molecular weight excluding hydrogens is 278 g/mol. The molecule has 0 N–H and O–H groups in total. The quantitative estimate of drug-likeness (QED) is 0.811. The Labute approximate surface area is 120 Å². The number of carbonyl (C=O) groups is 1. The highest BCUT2D eigenvalue weighted by molar-refractivity contribution is 7.13. The first-order valence-electron chi connectivity index (χ1n) is 6.14. The second-order valence-electron chi connectivity index (χ2n) is 3.98. The van der Waals surface area contributed by atoms with Crippen LogP contribution in [0.15, 0.2) is 24.3 Å². The number of carboxylic acids is 1. The summed E-state index contributed by atoms with van der Waals surface area (Å²) in [7, 11) is 0. The summed E-state index contributed by atoms with van der Waals surface area (Å²) in [6.07, 6.45) is 0. The van der Waals surface area contributed by atoms with Gasteiger partial charge in [0, 0.05) is 0 Å². The first-order valence-corrected chi connectivity index (χ1v) is 6.95. The summed E-state index contributed by atoms with van der Waals surface area (Å²) in [4.78, 5) is 15.1. The predicted octanol–water partition coefficient (Wildman–Crippen LogP) is 1.79. The van der Waals surface area contributed by atoms with E-state index in [4.69, 9.17) is 9.47 Å². The second-order valence-corrected chi connectivity index (χ2v) is 5.06. The molecule has 0 aliphatic heterocycles. The van der Waals surface area contributed by atoms with Gasteiger partial charge in [0.1, 0.15) is 11.6 Å². The SMILES string of the molecule is CCOc1ccccc1OCc1nc(C)c(C(=O)[O-])s1. The molecule has 0 bridgehead atoms. The van der Waals surface area contributed by atoms with Crippen LogP contribution in [-0.2, 0) is 6.61 Å². The molecule has 0 aliphatic rings. The van der Waals surface area contributed by atoms with Crippen LogP contribution in [-0.4, -0.2) is 17.6 Å². The van der Waals surface area contributed by atoms with Crippen LogP contribution in [0.2, 0.25) is 0 Å². The van der Waals surface area contributed by atoms with E-state index in [1.165, 1.54) is 0 Å². The molecule has 1 aromatic heterocycles. The summed E-state index contributed by atoms with van der Waals surface area (Å²) in [5.74, 6) is 0.0570. The van der Waals surface area contributed by atoms with E-state index in [1.807, 2.05) is 25.1 Å². The Morgan fingerprint density at radius 2 is 1.95 bits per heavy atom. The van der Waals surface area contributed by atoms with Crippen molar-refractivity contribution in [2.45, 2.75) is 20.5 Å². The molecule has 0 saturated heterocycles. The molecule has 1 aromatic carbocycles. The third-order valence-electron chi connectivity index (χ3n) is 2.53. The minimum absolute atomic E-state index is 0.140. The lowest BCUT2D eigenvalue weighted by Gasteiger charge is -2.10. The molecule has 0 saturated carbocycles. The topological polar surface area (TPSA) is 71.5 Å². The average molecular weight is 292 g/mol. The number of aryl methyl sites for hydroxylation is 1. The van der Waals surface area contributed by atoms with Crippen LogP contribution in [0.5, 0.6) is 11.5 Å². The van der Waals surface area contributed by atoms with Crippen LogP contribution in [0.25, 0.3) is 0 Å². The van der Waals surface area contributed by atoms with E-state index in [9.17, 15) is 9.90 Å². The molecule has 106 valence electrons. The number of thiazole rings is 1. The van der Waals surface area contributed by atoms with Gasteiger partial charge in [-0.3, -0.25) is 0 Å². The van der Waals surface area contributed by atoms with Crippen molar-refractivity contribution in [1.29, 1.82) is 0 Å². The second kappa shape index (κ2) is 6.38. The third kappa shape index (κ3) is 3.27. The first-order chi connectivity index (χ1) is 9.61. The molecular formula is C14H14NO4S-. The Balaban J connectivity index is 2.09. The Hall–Kier alpha value is -2.08. The highest BCUT2D eigenvalue weighted by Gasteiger charge is 2.10. The van der Waals surface area contributed by atoms with Gasteiger partial charge in [-0.2, -0.15) is 0 Å². The fourth-order valence-corrected chi connectivity index (χ4v) is 2.50. The molecule has 2 aromatic rings. The van der Waals surface area contributed by atoms with Gasteiger partial charge in [0.25, 0.3) is 0 Å². The predicted molar refractivity (Wildman–Crippen MR) is 73.1 cm³/mol. The number of nitrogens with zero attached hydrogens (tertiary/aromatic N) is 1. The normalized spacial score (nSPS) is 10.3. The number of para-hydroxylation sites is 2. The number of ether oxygens (including phenoxy) is 2. The summed E-state index contributed by atoms with van der Waals surface area (Å²) >= 11 is 1.07. The van der Waals surface area contributed by atoms with Crippen molar-refractivity contribution in [1.82, 2.24) is 4.98 Å². The number of aromatic nitrogens is 1.